The number of aromatic nitrogens is 3. The van der Waals surface area contributed by atoms with Crippen molar-refractivity contribution in [1.82, 2.24) is 25.2 Å². The summed E-state index contributed by atoms with van der Waals surface area (Å²) in [5.41, 5.74) is 0.838. The molecule has 2 N–H and O–H groups in total. The quantitative estimate of drug-likeness (QED) is 0.680. The summed E-state index contributed by atoms with van der Waals surface area (Å²) in [6, 6.07) is 8.52. The molecule has 0 spiro atoms. The molecule has 1 saturated heterocycles. The van der Waals surface area contributed by atoms with Crippen LogP contribution < -0.4 is 15.5 Å². The topological polar surface area (TPSA) is 103 Å². The molecule has 0 unspecified atom stereocenters. The summed E-state index contributed by atoms with van der Waals surface area (Å²) in [5.74, 6) is 0.366. The molecule has 9 nitrogen and oxygen atoms in total. The van der Waals surface area contributed by atoms with Crippen molar-refractivity contribution in [2.75, 3.05) is 36.4 Å². The summed E-state index contributed by atoms with van der Waals surface area (Å²) < 4.78 is 1.000. The third-order valence-corrected chi connectivity index (χ3v) is 5.61. The van der Waals surface area contributed by atoms with Gasteiger partial charge in [0.2, 0.25) is 11.9 Å². The van der Waals surface area contributed by atoms with E-state index in [1.807, 2.05) is 29.2 Å². The van der Waals surface area contributed by atoms with Gasteiger partial charge in [-0.05, 0) is 25.1 Å². The maximum atomic E-state index is 12.5. The van der Waals surface area contributed by atoms with Gasteiger partial charge in [-0.25, -0.2) is 19.7 Å². The number of anilines is 2. The average molecular weight is 411 g/mol. The highest BCUT2D eigenvalue weighted by Gasteiger charge is 2.25. The number of urea groups is 1. The summed E-state index contributed by atoms with van der Waals surface area (Å²) in [5, 5.41) is 6.06. The van der Waals surface area contributed by atoms with Gasteiger partial charge in [-0.15, -0.1) is 0 Å². The zero-order valence-corrected chi connectivity index (χ0v) is 16.7. The molecule has 29 heavy (non-hydrogen) atoms. The predicted molar refractivity (Wildman–Crippen MR) is 112 cm³/mol. The number of amides is 3. The Morgan fingerprint density at radius 1 is 1.07 bits per heavy atom. The highest BCUT2D eigenvalue weighted by molar-refractivity contribution is 7.22. The van der Waals surface area contributed by atoms with Crippen LogP contribution in [-0.2, 0) is 4.79 Å². The number of hydrogen-bond donors (Lipinski definition) is 2. The van der Waals surface area contributed by atoms with Crippen LogP contribution in [0.4, 0.5) is 15.9 Å². The van der Waals surface area contributed by atoms with E-state index in [4.69, 9.17) is 0 Å². The minimum Gasteiger partial charge on any atom is -0.337 e. The lowest BCUT2D eigenvalue weighted by Crippen LogP contribution is -2.55. The van der Waals surface area contributed by atoms with Crippen LogP contribution in [0.2, 0.25) is 0 Å². The smallest absolute Gasteiger partial charge is 0.318 e. The number of para-hydroxylation sites is 1. The molecule has 3 amide bonds. The molecule has 0 saturated carbocycles. The maximum Gasteiger partial charge on any atom is 0.318 e. The zero-order valence-electron chi connectivity index (χ0n) is 15.9. The van der Waals surface area contributed by atoms with Crippen molar-refractivity contribution < 1.29 is 9.59 Å². The standard InChI is InChI=1S/C19H21N7O2S/c1-13(16(27)24-18-23-14-5-2-3-6-15(14)29-18)22-19(28)26-11-9-25(10-12-26)17-20-7-4-8-21-17/h2-8,13H,9-12H2,1H3,(H,22,28)(H,23,24,27)/t13-/m1/s1. The molecule has 150 valence electrons. The second-order valence-electron chi connectivity index (χ2n) is 6.67. The molecule has 3 aromatic rings. The SMILES string of the molecule is C[C@@H](NC(=O)N1CCN(c2ncccn2)CC1)C(=O)Nc1nc2ccccc2s1. The molecule has 4 rings (SSSR count). The van der Waals surface area contributed by atoms with Crippen LogP contribution in [0.15, 0.2) is 42.7 Å². The summed E-state index contributed by atoms with van der Waals surface area (Å²) in [6.07, 6.45) is 3.40. The number of rotatable bonds is 4. The zero-order chi connectivity index (χ0) is 20.2. The number of hydrogen-bond acceptors (Lipinski definition) is 7. The van der Waals surface area contributed by atoms with E-state index in [0.29, 0.717) is 37.3 Å². The fraction of sp³-hybridized carbons (Fsp3) is 0.316. The third kappa shape index (κ3) is 4.43. The van der Waals surface area contributed by atoms with Crippen molar-refractivity contribution in [3.63, 3.8) is 0 Å². The van der Waals surface area contributed by atoms with Gasteiger partial charge in [-0.2, -0.15) is 0 Å². The van der Waals surface area contributed by atoms with Crippen LogP contribution >= 0.6 is 11.3 Å². The van der Waals surface area contributed by atoms with Gasteiger partial charge in [0.15, 0.2) is 5.13 Å². The van der Waals surface area contributed by atoms with Crippen molar-refractivity contribution in [3.05, 3.63) is 42.7 Å². The molecule has 3 heterocycles. The third-order valence-electron chi connectivity index (χ3n) is 4.66. The summed E-state index contributed by atoms with van der Waals surface area (Å²) >= 11 is 1.40. The van der Waals surface area contributed by atoms with Gasteiger partial charge >= 0.3 is 6.03 Å². The monoisotopic (exact) mass is 411 g/mol. The van der Waals surface area contributed by atoms with E-state index in [1.54, 1.807) is 30.3 Å². The van der Waals surface area contributed by atoms with E-state index < -0.39 is 6.04 Å². The Morgan fingerprint density at radius 3 is 2.52 bits per heavy atom. The number of nitrogens with one attached hydrogen (secondary N) is 2. The van der Waals surface area contributed by atoms with Crippen molar-refractivity contribution in [3.8, 4) is 0 Å². The number of fused-ring (bicyclic) bond motifs is 1. The Kier molecular flexibility index (Phi) is 5.52. The Bertz CT molecular complexity index is 969. The first-order chi connectivity index (χ1) is 14.1. The van der Waals surface area contributed by atoms with Gasteiger partial charge < -0.3 is 20.4 Å². The Labute approximate surface area is 171 Å². The van der Waals surface area contributed by atoms with Crippen molar-refractivity contribution >= 4 is 44.6 Å². The molecule has 1 fully saturated rings. The fourth-order valence-electron chi connectivity index (χ4n) is 3.05. The summed E-state index contributed by atoms with van der Waals surface area (Å²) in [4.78, 5) is 41.6. The highest BCUT2D eigenvalue weighted by atomic mass is 32.1. The fourth-order valence-corrected chi connectivity index (χ4v) is 3.91. The number of nitrogens with zero attached hydrogens (tertiary/aromatic N) is 5. The van der Waals surface area contributed by atoms with E-state index in [1.165, 1.54) is 11.3 Å². The molecule has 10 heteroatoms. The lowest BCUT2D eigenvalue weighted by Gasteiger charge is -2.35. The molecule has 1 aliphatic rings. The van der Waals surface area contributed by atoms with E-state index in [0.717, 1.165) is 10.2 Å². The van der Waals surface area contributed by atoms with E-state index in [2.05, 4.69) is 25.6 Å². The molecule has 0 bridgehead atoms. The Hall–Kier alpha value is -3.27. The summed E-state index contributed by atoms with van der Waals surface area (Å²) in [6.45, 7) is 4.02. The number of piperazine rings is 1. The van der Waals surface area contributed by atoms with Crippen molar-refractivity contribution in [1.29, 1.82) is 0 Å². The molecular weight excluding hydrogens is 390 g/mol. The lowest BCUT2D eigenvalue weighted by molar-refractivity contribution is -0.117. The van der Waals surface area contributed by atoms with Gasteiger partial charge in [0.25, 0.3) is 0 Å². The van der Waals surface area contributed by atoms with Crippen LogP contribution in [0.5, 0.6) is 0 Å². The van der Waals surface area contributed by atoms with Gasteiger partial charge in [-0.3, -0.25) is 4.79 Å². The normalized spacial score (nSPS) is 15.2. The molecule has 2 aromatic heterocycles. The number of carbonyl (C=O) groups excluding carboxylic acids is 2. The van der Waals surface area contributed by atoms with E-state index >= 15 is 0 Å². The number of benzene rings is 1. The minimum atomic E-state index is -0.676. The van der Waals surface area contributed by atoms with Crippen LogP contribution in [0, 0.1) is 0 Å². The molecule has 0 radical (unpaired) electrons. The number of carbonyl (C=O) groups is 2. The molecule has 0 aliphatic carbocycles. The average Bonchev–Trinajstić information content (AvgIpc) is 3.16. The second-order valence-corrected chi connectivity index (χ2v) is 7.70. The van der Waals surface area contributed by atoms with Crippen LogP contribution in [0.25, 0.3) is 10.2 Å². The highest BCUT2D eigenvalue weighted by Crippen LogP contribution is 2.25. The number of thiazole rings is 1. The van der Waals surface area contributed by atoms with Crippen LogP contribution in [0.3, 0.4) is 0 Å². The Balaban J connectivity index is 1.28. The van der Waals surface area contributed by atoms with Crippen LogP contribution in [-0.4, -0.2) is 64.0 Å². The van der Waals surface area contributed by atoms with E-state index in [-0.39, 0.29) is 11.9 Å². The first kappa shape index (κ1) is 19.1. The largest absolute Gasteiger partial charge is 0.337 e. The first-order valence-electron chi connectivity index (χ1n) is 9.34. The predicted octanol–water partition coefficient (Wildman–Crippen LogP) is 1.95. The van der Waals surface area contributed by atoms with Crippen molar-refractivity contribution in [2.45, 2.75) is 13.0 Å². The maximum absolute atomic E-state index is 12.5. The van der Waals surface area contributed by atoms with Gasteiger partial charge in [0.05, 0.1) is 10.2 Å². The van der Waals surface area contributed by atoms with Crippen molar-refractivity contribution in [2.24, 2.45) is 0 Å². The first-order valence-corrected chi connectivity index (χ1v) is 10.2. The van der Waals surface area contributed by atoms with Gasteiger partial charge in [0, 0.05) is 38.6 Å². The summed E-state index contributed by atoms with van der Waals surface area (Å²) in [7, 11) is 0. The lowest BCUT2D eigenvalue weighted by atomic mass is 10.3. The molecule has 1 atom stereocenters. The van der Waals surface area contributed by atoms with Crippen LogP contribution in [0.1, 0.15) is 6.92 Å². The minimum absolute atomic E-state index is 0.259. The Morgan fingerprint density at radius 2 is 1.79 bits per heavy atom. The van der Waals surface area contributed by atoms with Gasteiger partial charge in [-0.1, -0.05) is 23.5 Å². The molecule has 1 aliphatic heterocycles. The second kappa shape index (κ2) is 8.39. The molecular formula is C19H21N7O2S. The van der Waals surface area contributed by atoms with Gasteiger partial charge in [0.1, 0.15) is 6.04 Å². The van der Waals surface area contributed by atoms with E-state index in [9.17, 15) is 9.59 Å². The molecule has 1 aromatic carbocycles.